The predicted molar refractivity (Wildman–Crippen MR) is 70.2 cm³/mol. The lowest BCUT2D eigenvalue weighted by molar-refractivity contribution is 0.0227. The van der Waals surface area contributed by atoms with Gasteiger partial charge in [0, 0.05) is 38.8 Å². The fourth-order valence-electron chi connectivity index (χ4n) is 2.27. The van der Waals surface area contributed by atoms with Crippen LogP contribution in [0.3, 0.4) is 0 Å². The van der Waals surface area contributed by atoms with Crippen molar-refractivity contribution in [2.75, 3.05) is 26.8 Å². The molecule has 0 aromatic rings. The van der Waals surface area contributed by atoms with Crippen LogP contribution in [0.25, 0.3) is 0 Å². The molecule has 4 nitrogen and oxygen atoms in total. The smallest absolute Gasteiger partial charge is 0.0765 e. The molecule has 102 valence electrons. The molecular formula is C13H28N2O2. The molecule has 3 unspecified atom stereocenters. The van der Waals surface area contributed by atoms with E-state index >= 15 is 0 Å². The van der Waals surface area contributed by atoms with Gasteiger partial charge in [-0.15, -0.1) is 0 Å². The van der Waals surface area contributed by atoms with E-state index in [-0.39, 0.29) is 0 Å². The Kier molecular flexibility index (Phi) is 6.41. The van der Waals surface area contributed by atoms with Gasteiger partial charge in [0.25, 0.3) is 0 Å². The fraction of sp³-hybridized carbons (Fsp3) is 1.00. The molecule has 0 aromatic heterocycles. The summed E-state index contributed by atoms with van der Waals surface area (Å²) in [7, 11) is 1.66. The minimum absolute atomic E-state index is 0.444. The Hall–Kier alpha value is -0.160. The third-order valence-electron chi connectivity index (χ3n) is 3.48. The predicted octanol–water partition coefficient (Wildman–Crippen LogP) is 0.894. The van der Waals surface area contributed by atoms with E-state index in [2.05, 4.69) is 17.6 Å². The molecule has 1 aliphatic heterocycles. The van der Waals surface area contributed by atoms with Gasteiger partial charge in [-0.05, 0) is 39.7 Å². The zero-order chi connectivity index (χ0) is 12.7. The average molecular weight is 244 g/mol. The second-order valence-corrected chi connectivity index (χ2v) is 5.55. The molecule has 1 saturated heterocycles. The second-order valence-electron chi connectivity index (χ2n) is 5.55. The van der Waals surface area contributed by atoms with Crippen molar-refractivity contribution >= 4 is 0 Å². The van der Waals surface area contributed by atoms with Crippen LogP contribution in [0.2, 0.25) is 0 Å². The number of nitrogens with one attached hydrogen (secondary N) is 2. The minimum Gasteiger partial charge on any atom is -0.389 e. The van der Waals surface area contributed by atoms with Crippen LogP contribution >= 0.6 is 0 Å². The topological polar surface area (TPSA) is 53.5 Å². The number of aliphatic hydroxyl groups is 1. The quantitative estimate of drug-likeness (QED) is 0.594. The molecule has 4 heteroatoms. The maximum absolute atomic E-state index is 10.1. The van der Waals surface area contributed by atoms with Gasteiger partial charge in [-0.3, -0.25) is 0 Å². The standard InChI is InChI=1S/C13H28N2O2/c1-11(9-12-5-4-7-14-12)15-10-13(2,16)6-8-17-3/h11-12,14-16H,4-10H2,1-3H3. The first kappa shape index (κ1) is 14.9. The van der Waals surface area contributed by atoms with Crippen molar-refractivity contribution in [2.24, 2.45) is 0 Å². The Morgan fingerprint density at radius 3 is 2.94 bits per heavy atom. The first-order valence-electron chi connectivity index (χ1n) is 6.71. The van der Waals surface area contributed by atoms with Crippen LogP contribution in [0, 0.1) is 0 Å². The Morgan fingerprint density at radius 2 is 2.35 bits per heavy atom. The van der Waals surface area contributed by atoms with Crippen LogP contribution in [-0.4, -0.2) is 49.6 Å². The summed E-state index contributed by atoms with van der Waals surface area (Å²) in [4.78, 5) is 0. The van der Waals surface area contributed by atoms with Gasteiger partial charge in [0.15, 0.2) is 0 Å². The highest BCUT2D eigenvalue weighted by molar-refractivity contribution is 4.81. The number of methoxy groups -OCH3 is 1. The van der Waals surface area contributed by atoms with Crippen LogP contribution in [0.1, 0.15) is 39.5 Å². The monoisotopic (exact) mass is 244 g/mol. The first-order valence-corrected chi connectivity index (χ1v) is 6.71. The van der Waals surface area contributed by atoms with Crippen LogP contribution in [-0.2, 0) is 4.74 Å². The molecule has 0 aromatic carbocycles. The Labute approximate surface area is 105 Å². The zero-order valence-corrected chi connectivity index (χ0v) is 11.5. The lowest BCUT2D eigenvalue weighted by Gasteiger charge is -2.26. The van der Waals surface area contributed by atoms with Crippen LogP contribution in [0.5, 0.6) is 0 Å². The molecule has 1 aliphatic rings. The van der Waals surface area contributed by atoms with Gasteiger partial charge in [0.05, 0.1) is 5.60 Å². The van der Waals surface area contributed by atoms with Crippen molar-refractivity contribution in [2.45, 2.75) is 57.2 Å². The molecule has 0 amide bonds. The molecule has 1 rings (SSSR count). The summed E-state index contributed by atoms with van der Waals surface area (Å²) < 4.78 is 4.99. The van der Waals surface area contributed by atoms with Crippen LogP contribution in [0.15, 0.2) is 0 Å². The molecule has 0 radical (unpaired) electrons. The lowest BCUT2D eigenvalue weighted by Crippen LogP contribution is -2.44. The van der Waals surface area contributed by atoms with Gasteiger partial charge in [-0.25, -0.2) is 0 Å². The van der Waals surface area contributed by atoms with Crippen molar-refractivity contribution in [1.82, 2.24) is 10.6 Å². The van der Waals surface area contributed by atoms with Crippen molar-refractivity contribution in [3.8, 4) is 0 Å². The maximum Gasteiger partial charge on any atom is 0.0765 e. The van der Waals surface area contributed by atoms with Gasteiger partial charge in [0.2, 0.25) is 0 Å². The molecule has 17 heavy (non-hydrogen) atoms. The van der Waals surface area contributed by atoms with E-state index in [0.29, 0.717) is 31.7 Å². The second kappa shape index (κ2) is 7.31. The fourth-order valence-corrected chi connectivity index (χ4v) is 2.27. The third-order valence-corrected chi connectivity index (χ3v) is 3.48. The largest absolute Gasteiger partial charge is 0.389 e. The summed E-state index contributed by atoms with van der Waals surface area (Å²) in [5, 5.41) is 17.0. The summed E-state index contributed by atoms with van der Waals surface area (Å²) in [5.41, 5.74) is -0.673. The van der Waals surface area contributed by atoms with E-state index in [0.717, 1.165) is 13.0 Å². The molecule has 3 N–H and O–H groups in total. The van der Waals surface area contributed by atoms with Gasteiger partial charge >= 0.3 is 0 Å². The Bertz CT molecular complexity index is 204. The van der Waals surface area contributed by atoms with Crippen molar-refractivity contribution in [3.63, 3.8) is 0 Å². The van der Waals surface area contributed by atoms with Crippen molar-refractivity contribution in [1.29, 1.82) is 0 Å². The average Bonchev–Trinajstić information content (AvgIpc) is 2.77. The van der Waals surface area contributed by atoms with E-state index in [1.807, 2.05) is 6.92 Å². The summed E-state index contributed by atoms with van der Waals surface area (Å²) >= 11 is 0. The minimum atomic E-state index is -0.673. The lowest BCUT2D eigenvalue weighted by atomic mass is 10.0. The summed E-state index contributed by atoms with van der Waals surface area (Å²) in [6.07, 6.45) is 4.39. The zero-order valence-electron chi connectivity index (χ0n) is 11.5. The molecule has 0 spiro atoms. The van der Waals surface area contributed by atoms with Crippen molar-refractivity contribution < 1.29 is 9.84 Å². The molecule has 3 atom stereocenters. The maximum atomic E-state index is 10.1. The highest BCUT2D eigenvalue weighted by atomic mass is 16.5. The van der Waals surface area contributed by atoms with Gasteiger partial charge in [0.1, 0.15) is 0 Å². The first-order chi connectivity index (χ1) is 8.03. The number of hydrogen-bond acceptors (Lipinski definition) is 4. The Balaban J connectivity index is 2.14. The molecule has 0 bridgehead atoms. The third kappa shape index (κ3) is 6.36. The van der Waals surface area contributed by atoms with Gasteiger partial charge < -0.3 is 20.5 Å². The van der Waals surface area contributed by atoms with E-state index in [1.54, 1.807) is 7.11 Å². The van der Waals surface area contributed by atoms with Gasteiger partial charge in [-0.2, -0.15) is 0 Å². The molecule has 1 heterocycles. The van der Waals surface area contributed by atoms with E-state index in [1.165, 1.54) is 12.8 Å². The van der Waals surface area contributed by atoms with E-state index in [4.69, 9.17) is 4.74 Å². The molecule has 0 saturated carbocycles. The Morgan fingerprint density at radius 1 is 1.59 bits per heavy atom. The SMILES string of the molecule is COCCC(C)(O)CNC(C)CC1CCCN1. The van der Waals surface area contributed by atoms with E-state index in [9.17, 15) is 5.11 Å². The highest BCUT2D eigenvalue weighted by Gasteiger charge is 2.22. The number of hydrogen-bond donors (Lipinski definition) is 3. The highest BCUT2D eigenvalue weighted by Crippen LogP contribution is 2.12. The summed E-state index contributed by atoms with van der Waals surface area (Å²) in [5.74, 6) is 0. The summed E-state index contributed by atoms with van der Waals surface area (Å²) in [6.45, 7) is 6.44. The number of rotatable bonds is 8. The van der Waals surface area contributed by atoms with Crippen LogP contribution < -0.4 is 10.6 Å². The van der Waals surface area contributed by atoms with Crippen LogP contribution in [0.4, 0.5) is 0 Å². The molecule has 0 aliphatic carbocycles. The van der Waals surface area contributed by atoms with Gasteiger partial charge in [-0.1, -0.05) is 0 Å². The molecular weight excluding hydrogens is 216 g/mol. The summed E-state index contributed by atoms with van der Waals surface area (Å²) in [6, 6.07) is 1.10. The van der Waals surface area contributed by atoms with Crippen molar-refractivity contribution in [3.05, 3.63) is 0 Å². The molecule has 1 fully saturated rings. The van der Waals surface area contributed by atoms with E-state index < -0.39 is 5.60 Å². The number of ether oxygens (including phenoxy) is 1. The normalized spacial score (nSPS) is 25.8.